The van der Waals surface area contributed by atoms with E-state index in [1.165, 1.54) is 19.2 Å². The van der Waals surface area contributed by atoms with Gasteiger partial charge in [0, 0.05) is 10.9 Å². The van der Waals surface area contributed by atoms with Crippen LogP contribution in [0, 0.1) is 12.7 Å². The van der Waals surface area contributed by atoms with Crippen LogP contribution in [0.4, 0.5) is 4.39 Å². The van der Waals surface area contributed by atoms with Crippen LogP contribution in [0.3, 0.4) is 0 Å². The zero-order valence-electron chi connectivity index (χ0n) is 11.6. The summed E-state index contributed by atoms with van der Waals surface area (Å²) in [6.45, 7) is 1.94. The van der Waals surface area contributed by atoms with Crippen molar-refractivity contribution < 1.29 is 18.3 Å². The second-order valence-corrected chi connectivity index (χ2v) is 4.80. The summed E-state index contributed by atoms with van der Waals surface area (Å²) in [7, 11) is 1.32. The standard InChI is InChI=1S/C17H13FO3/c1-10-3-8-14-13(9-10)15(17(19)20-2)16(21-14)11-4-6-12(18)7-5-11/h3-9H,1-2H3. The van der Waals surface area contributed by atoms with Crippen LogP contribution < -0.4 is 0 Å². The second-order valence-electron chi connectivity index (χ2n) is 4.80. The first kappa shape index (κ1) is 13.4. The SMILES string of the molecule is COC(=O)c1c(-c2ccc(F)cc2)oc2ccc(C)cc12. The number of carbonyl (C=O) groups excluding carboxylic acids is 1. The number of hydrogen-bond donors (Lipinski definition) is 0. The molecule has 2 aromatic carbocycles. The van der Waals surface area contributed by atoms with Crippen molar-refractivity contribution in [2.45, 2.75) is 6.92 Å². The van der Waals surface area contributed by atoms with Gasteiger partial charge in [0.15, 0.2) is 0 Å². The molecule has 1 heterocycles. The molecule has 3 nitrogen and oxygen atoms in total. The molecule has 4 heteroatoms. The Balaban J connectivity index is 2.30. The molecular weight excluding hydrogens is 271 g/mol. The molecular formula is C17H13FO3. The molecule has 0 aliphatic rings. The van der Waals surface area contributed by atoms with Crippen molar-refractivity contribution in [3.63, 3.8) is 0 Å². The van der Waals surface area contributed by atoms with Crippen LogP contribution in [0.5, 0.6) is 0 Å². The van der Waals surface area contributed by atoms with Gasteiger partial charge in [-0.05, 0) is 43.3 Å². The summed E-state index contributed by atoms with van der Waals surface area (Å²) in [5.74, 6) is -0.425. The lowest BCUT2D eigenvalue weighted by molar-refractivity contribution is 0.0603. The Morgan fingerprint density at radius 3 is 2.52 bits per heavy atom. The van der Waals surface area contributed by atoms with E-state index in [9.17, 15) is 9.18 Å². The maximum absolute atomic E-state index is 13.1. The minimum Gasteiger partial charge on any atom is -0.465 e. The number of rotatable bonds is 2. The molecule has 0 saturated carbocycles. The molecule has 0 fully saturated rings. The number of aryl methyl sites for hydroxylation is 1. The minimum absolute atomic E-state index is 0.342. The predicted molar refractivity (Wildman–Crippen MR) is 77.7 cm³/mol. The molecule has 0 aliphatic heterocycles. The van der Waals surface area contributed by atoms with E-state index in [0.29, 0.717) is 27.9 Å². The number of halogens is 1. The fraction of sp³-hybridized carbons (Fsp3) is 0.118. The molecule has 0 saturated heterocycles. The van der Waals surface area contributed by atoms with Crippen molar-refractivity contribution in [1.82, 2.24) is 0 Å². The predicted octanol–water partition coefficient (Wildman–Crippen LogP) is 4.33. The van der Waals surface area contributed by atoms with Crippen LogP contribution in [0.25, 0.3) is 22.3 Å². The highest BCUT2D eigenvalue weighted by atomic mass is 19.1. The van der Waals surface area contributed by atoms with Gasteiger partial charge in [0.2, 0.25) is 0 Å². The molecule has 106 valence electrons. The van der Waals surface area contributed by atoms with E-state index in [2.05, 4.69) is 0 Å². The lowest BCUT2D eigenvalue weighted by Gasteiger charge is -2.02. The molecule has 21 heavy (non-hydrogen) atoms. The van der Waals surface area contributed by atoms with Crippen LogP contribution in [0.15, 0.2) is 46.9 Å². The van der Waals surface area contributed by atoms with Gasteiger partial charge in [0.25, 0.3) is 0 Å². The number of fused-ring (bicyclic) bond motifs is 1. The van der Waals surface area contributed by atoms with Gasteiger partial charge in [-0.1, -0.05) is 11.6 Å². The fourth-order valence-corrected chi connectivity index (χ4v) is 2.32. The second kappa shape index (κ2) is 5.05. The van der Waals surface area contributed by atoms with Gasteiger partial charge in [-0.25, -0.2) is 9.18 Å². The van der Waals surface area contributed by atoms with E-state index in [1.807, 2.05) is 25.1 Å². The van der Waals surface area contributed by atoms with Crippen LogP contribution in [0.2, 0.25) is 0 Å². The van der Waals surface area contributed by atoms with Crippen LogP contribution in [-0.4, -0.2) is 13.1 Å². The van der Waals surface area contributed by atoms with Gasteiger partial charge in [0.05, 0.1) is 7.11 Å². The topological polar surface area (TPSA) is 39.4 Å². The zero-order chi connectivity index (χ0) is 15.0. The van der Waals surface area contributed by atoms with Crippen LogP contribution in [0.1, 0.15) is 15.9 Å². The number of hydrogen-bond acceptors (Lipinski definition) is 3. The Labute approximate surface area is 120 Å². The van der Waals surface area contributed by atoms with Crippen molar-refractivity contribution in [2.24, 2.45) is 0 Å². The molecule has 0 radical (unpaired) electrons. The van der Waals surface area contributed by atoms with Gasteiger partial charge >= 0.3 is 5.97 Å². The van der Waals surface area contributed by atoms with Crippen molar-refractivity contribution >= 4 is 16.9 Å². The molecule has 0 spiro atoms. The summed E-state index contributed by atoms with van der Waals surface area (Å²) in [5.41, 5.74) is 2.60. The number of ether oxygens (including phenoxy) is 1. The zero-order valence-corrected chi connectivity index (χ0v) is 11.6. The summed E-state index contributed by atoms with van der Waals surface area (Å²) in [5, 5.41) is 0.696. The minimum atomic E-state index is -0.473. The Morgan fingerprint density at radius 2 is 1.86 bits per heavy atom. The smallest absolute Gasteiger partial charge is 0.342 e. The summed E-state index contributed by atoms with van der Waals surface area (Å²) in [4.78, 5) is 12.1. The summed E-state index contributed by atoms with van der Waals surface area (Å²) < 4.78 is 23.7. The van der Waals surface area contributed by atoms with Gasteiger partial charge in [-0.15, -0.1) is 0 Å². The normalized spacial score (nSPS) is 10.8. The van der Waals surface area contributed by atoms with Gasteiger partial charge in [-0.2, -0.15) is 0 Å². The van der Waals surface area contributed by atoms with Gasteiger partial charge in [-0.3, -0.25) is 0 Å². The van der Waals surface area contributed by atoms with E-state index >= 15 is 0 Å². The van der Waals surface area contributed by atoms with E-state index < -0.39 is 5.97 Å². The van der Waals surface area contributed by atoms with Crippen molar-refractivity contribution in [2.75, 3.05) is 7.11 Å². The maximum Gasteiger partial charge on any atom is 0.342 e. The Bertz CT molecular complexity index is 816. The molecule has 1 aromatic heterocycles. The number of methoxy groups -OCH3 is 1. The van der Waals surface area contributed by atoms with E-state index in [0.717, 1.165) is 5.56 Å². The number of benzene rings is 2. The average molecular weight is 284 g/mol. The summed E-state index contributed by atoms with van der Waals surface area (Å²) in [6.07, 6.45) is 0. The lowest BCUT2D eigenvalue weighted by atomic mass is 10.0. The third-order valence-electron chi connectivity index (χ3n) is 3.34. The quantitative estimate of drug-likeness (QED) is 0.657. The monoisotopic (exact) mass is 284 g/mol. The molecule has 3 rings (SSSR count). The third kappa shape index (κ3) is 2.29. The van der Waals surface area contributed by atoms with E-state index in [1.54, 1.807) is 12.1 Å². The molecule has 0 amide bonds. The highest BCUT2D eigenvalue weighted by Crippen LogP contribution is 2.34. The summed E-state index contributed by atoms with van der Waals surface area (Å²) in [6, 6.07) is 11.4. The first-order chi connectivity index (χ1) is 10.1. The number of furan rings is 1. The van der Waals surface area contributed by atoms with Crippen molar-refractivity contribution in [1.29, 1.82) is 0 Å². The third-order valence-corrected chi connectivity index (χ3v) is 3.34. The summed E-state index contributed by atoms with van der Waals surface area (Å²) >= 11 is 0. The van der Waals surface area contributed by atoms with Crippen molar-refractivity contribution in [3.05, 3.63) is 59.4 Å². The average Bonchev–Trinajstić information content (AvgIpc) is 2.85. The molecule has 0 aliphatic carbocycles. The largest absolute Gasteiger partial charge is 0.465 e. The van der Waals surface area contributed by atoms with E-state index in [4.69, 9.17) is 9.15 Å². The highest BCUT2D eigenvalue weighted by molar-refractivity contribution is 6.08. The molecule has 3 aromatic rings. The molecule has 0 atom stereocenters. The van der Waals surface area contributed by atoms with Crippen LogP contribution in [-0.2, 0) is 4.74 Å². The Morgan fingerprint density at radius 1 is 1.14 bits per heavy atom. The fourth-order valence-electron chi connectivity index (χ4n) is 2.32. The lowest BCUT2D eigenvalue weighted by Crippen LogP contribution is -2.02. The molecule has 0 unspecified atom stereocenters. The first-order valence-corrected chi connectivity index (χ1v) is 6.47. The van der Waals surface area contributed by atoms with Crippen LogP contribution >= 0.6 is 0 Å². The Kier molecular flexibility index (Phi) is 3.22. The Hall–Kier alpha value is -2.62. The number of esters is 1. The maximum atomic E-state index is 13.1. The molecule has 0 bridgehead atoms. The van der Waals surface area contributed by atoms with E-state index in [-0.39, 0.29) is 5.82 Å². The highest BCUT2D eigenvalue weighted by Gasteiger charge is 2.22. The molecule has 0 N–H and O–H groups in total. The number of carbonyl (C=O) groups is 1. The van der Waals surface area contributed by atoms with Crippen molar-refractivity contribution in [3.8, 4) is 11.3 Å². The first-order valence-electron chi connectivity index (χ1n) is 6.47. The van der Waals surface area contributed by atoms with Gasteiger partial charge in [0.1, 0.15) is 22.7 Å². The van der Waals surface area contributed by atoms with Gasteiger partial charge < -0.3 is 9.15 Å².